The van der Waals surface area contributed by atoms with Gasteiger partial charge in [-0.05, 0) is 31.7 Å². The van der Waals surface area contributed by atoms with E-state index in [1.807, 2.05) is 13.8 Å². The van der Waals surface area contributed by atoms with Crippen molar-refractivity contribution < 1.29 is 9.13 Å². The molecule has 0 saturated heterocycles. The van der Waals surface area contributed by atoms with Gasteiger partial charge in [-0.1, -0.05) is 22.9 Å². The van der Waals surface area contributed by atoms with E-state index in [0.717, 1.165) is 11.0 Å². The van der Waals surface area contributed by atoms with Crippen molar-refractivity contribution in [3.63, 3.8) is 0 Å². The van der Waals surface area contributed by atoms with Crippen LogP contribution in [0.4, 0.5) is 4.39 Å². The number of nitrogens with one attached hydrogen (secondary N) is 1. The van der Waals surface area contributed by atoms with E-state index in [-0.39, 0.29) is 17.7 Å². The Morgan fingerprint density at radius 2 is 2.27 bits per heavy atom. The lowest BCUT2D eigenvalue weighted by Gasteiger charge is -2.15. The predicted molar refractivity (Wildman–Crippen MR) is 62.7 cm³/mol. The van der Waals surface area contributed by atoms with E-state index in [1.54, 1.807) is 12.1 Å². The van der Waals surface area contributed by atoms with Gasteiger partial charge in [-0.3, -0.25) is 0 Å². The van der Waals surface area contributed by atoms with Gasteiger partial charge in [-0.15, -0.1) is 0 Å². The number of likely N-dealkylation sites (N-methyl/N-ethyl adjacent to an activating group) is 1. The summed E-state index contributed by atoms with van der Waals surface area (Å²) in [5, 5.41) is 3.14. The largest absolute Gasteiger partial charge is 0.486 e. The highest BCUT2D eigenvalue weighted by Gasteiger charge is 2.08. The Morgan fingerprint density at radius 3 is 2.93 bits per heavy atom. The molecule has 1 aromatic carbocycles. The summed E-state index contributed by atoms with van der Waals surface area (Å²) >= 11 is 3.28. The molecule has 0 saturated carbocycles. The van der Waals surface area contributed by atoms with E-state index in [4.69, 9.17) is 4.74 Å². The average Bonchev–Trinajstić information content (AvgIpc) is 2.20. The normalized spacial score (nSPS) is 12.5. The summed E-state index contributed by atoms with van der Waals surface area (Å²) in [6.45, 7) is 5.52. The first-order valence-electron chi connectivity index (χ1n) is 4.96. The number of hydrogen-bond donors (Lipinski definition) is 1. The highest BCUT2D eigenvalue weighted by atomic mass is 79.9. The second-order valence-corrected chi connectivity index (χ2v) is 4.23. The third-order valence-electron chi connectivity index (χ3n) is 1.90. The van der Waals surface area contributed by atoms with Crippen LogP contribution in [0.3, 0.4) is 0 Å². The summed E-state index contributed by atoms with van der Waals surface area (Å²) in [6.07, 6.45) is -0.0475. The first-order valence-corrected chi connectivity index (χ1v) is 5.75. The van der Waals surface area contributed by atoms with Crippen molar-refractivity contribution in [1.82, 2.24) is 5.32 Å². The van der Waals surface area contributed by atoms with Gasteiger partial charge in [-0.2, -0.15) is 0 Å². The molecule has 1 aromatic rings. The molecule has 0 aromatic heterocycles. The quantitative estimate of drug-likeness (QED) is 0.892. The van der Waals surface area contributed by atoms with Crippen molar-refractivity contribution in [2.24, 2.45) is 0 Å². The van der Waals surface area contributed by atoms with Gasteiger partial charge >= 0.3 is 0 Å². The van der Waals surface area contributed by atoms with Crippen molar-refractivity contribution in [3.05, 3.63) is 28.5 Å². The smallest absolute Gasteiger partial charge is 0.165 e. The molecule has 0 bridgehead atoms. The molecule has 0 spiro atoms. The Hall–Kier alpha value is -0.610. The first kappa shape index (κ1) is 12.5. The van der Waals surface area contributed by atoms with Gasteiger partial charge in [0.2, 0.25) is 0 Å². The second-order valence-electron chi connectivity index (χ2n) is 3.31. The monoisotopic (exact) mass is 275 g/mol. The fourth-order valence-electron chi connectivity index (χ4n) is 1.17. The Balaban J connectivity index is 2.59. The molecule has 0 aliphatic carbocycles. The van der Waals surface area contributed by atoms with Crippen LogP contribution in [0.1, 0.15) is 13.8 Å². The molecule has 1 unspecified atom stereocenters. The minimum atomic E-state index is -0.332. The van der Waals surface area contributed by atoms with Crippen molar-refractivity contribution in [2.75, 3.05) is 13.1 Å². The second kappa shape index (κ2) is 6.08. The summed E-state index contributed by atoms with van der Waals surface area (Å²) in [5.74, 6) is -0.0451. The highest BCUT2D eigenvalue weighted by molar-refractivity contribution is 9.10. The maximum absolute atomic E-state index is 13.3. The number of rotatable bonds is 5. The van der Waals surface area contributed by atoms with Crippen LogP contribution in [0.5, 0.6) is 5.75 Å². The maximum atomic E-state index is 13.3. The predicted octanol–water partition coefficient (Wildman–Crippen LogP) is 2.97. The lowest BCUT2D eigenvalue weighted by molar-refractivity contribution is 0.208. The van der Waals surface area contributed by atoms with Crippen LogP contribution in [0, 0.1) is 5.82 Å². The van der Waals surface area contributed by atoms with Gasteiger partial charge in [0.15, 0.2) is 11.6 Å². The fraction of sp³-hybridized carbons (Fsp3) is 0.455. The third-order valence-corrected chi connectivity index (χ3v) is 2.40. The molecule has 0 aliphatic heterocycles. The van der Waals surface area contributed by atoms with Crippen molar-refractivity contribution >= 4 is 15.9 Å². The Kier molecular flexibility index (Phi) is 5.05. The van der Waals surface area contributed by atoms with Gasteiger partial charge in [0, 0.05) is 11.0 Å². The van der Waals surface area contributed by atoms with Crippen LogP contribution >= 0.6 is 15.9 Å². The van der Waals surface area contributed by atoms with Crippen molar-refractivity contribution in [1.29, 1.82) is 0 Å². The topological polar surface area (TPSA) is 21.3 Å². The van der Waals surface area contributed by atoms with Gasteiger partial charge in [-0.25, -0.2) is 4.39 Å². The van der Waals surface area contributed by atoms with E-state index < -0.39 is 0 Å². The molecule has 84 valence electrons. The summed E-state index contributed by atoms with van der Waals surface area (Å²) in [5.41, 5.74) is 0. The minimum Gasteiger partial charge on any atom is -0.486 e. The van der Waals surface area contributed by atoms with Crippen LogP contribution in [0.2, 0.25) is 0 Å². The number of hydrogen-bond acceptors (Lipinski definition) is 2. The molecule has 1 atom stereocenters. The fourth-order valence-corrected chi connectivity index (χ4v) is 1.51. The lowest BCUT2D eigenvalue weighted by Crippen LogP contribution is -2.28. The molecule has 4 heteroatoms. The Labute approximate surface area is 98.0 Å². The average molecular weight is 276 g/mol. The number of benzene rings is 1. The molecular formula is C11H15BrFNO. The summed E-state index contributed by atoms with van der Waals surface area (Å²) in [6, 6.07) is 4.67. The van der Waals surface area contributed by atoms with E-state index in [9.17, 15) is 4.39 Å². The van der Waals surface area contributed by atoms with E-state index in [2.05, 4.69) is 21.2 Å². The van der Waals surface area contributed by atoms with Gasteiger partial charge in [0.05, 0.1) is 0 Å². The minimum absolute atomic E-state index is 0.0475. The zero-order valence-corrected chi connectivity index (χ0v) is 10.5. The van der Waals surface area contributed by atoms with Crippen molar-refractivity contribution in [2.45, 2.75) is 20.0 Å². The lowest BCUT2D eigenvalue weighted by atomic mass is 10.3. The Morgan fingerprint density at radius 1 is 1.53 bits per heavy atom. The number of halogens is 2. The molecule has 0 aliphatic rings. The van der Waals surface area contributed by atoms with Gasteiger partial charge < -0.3 is 10.1 Å². The van der Waals surface area contributed by atoms with E-state index in [1.165, 1.54) is 6.07 Å². The summed E-state index contributed by atoms with van der Waals surface area (Å²) in [7, 11) is 0. The third kappa shape index (κ3) is 4.18. The summed E-state index contributed by atoms with van der Waals surface area (Å²) in [4.78, 5) is 0. The van der Waals surface area contributed by atoms with Crippen LogP contribution in [0.25, 0.3) is 0 Å². The Bertz CT molecular complexity index is 319. The molecule has 0 amide bonds. The molecule has 1 N–H and O–H groups in total. The maximum Gasteiger partial charge on any atom is 0.165 e. The molecule has 1 rings (SSSR count). The number of ether oxygens (including phenoxy) is 1. The van der Waals surface area contributed by atoms with Gasteiger partial charge in [0.1, 0.15) is 6.10 Å². The molecule has 15 heavy (non-hydrogen) atoms. The van der Waals surface area contributed by atoms with Gasteiger partial charge in [0.25, 0.3) is 0 Å². The molecule has 0 fully saturated rings. The SMILES string of the molecule is CCNCC(C)Oc1cc(Br)ccc1F. The van der Waals surface area contributed by atoms with Crippen LogP contribution in [-0.4, -0.2) is 19.2 Å². The zero-order chi connectivity index (χ0) is 11.3. The molecule has 0 radical (unpaired) electrons. The van der Waals surface area contributed by atoms with Crippen molar-refractivity contribution in [3.8, 4) is 5.75 Å². The first-order chi connectivity index (χ1) is 7.13. The standard InChI is InChI=1S/C11H15BrFNO/c1-3-14-7-8(2)15-11-6-9(12)4-5-10(11)13/h4-6,8,14H,3,7H2,1-2H3. The molecule has 2 nitrogen and oxygen atoms in total. The van der Waals surface area contributed by atoms with Crippen LogP contribution < -0.4 is 10.1 Å². The van der Waals surface area contributed by atoms with E-state index >= 15 is 0 Å². The van der Waals surface area contributed by atoms with Crippen LogP contribution in [0.15, 0.2) is 22.7 Å². The zero-order valence-electron chi connectivity index (χ0n) is 8.89. The highest BCUT2D eigenvalue weighted by Crippen LogP contribution is 2.22. The molecular weight excluding hydrogens is 261 g/mol. The van der Waals surface area contributed by atoms with E-state index in [0.29, 0.717) is 6.54 Å². The van der Waals surface area contributed by atoms with Crippen LogP contribution in [-0.2, 0) is 0 Å². The summed E-state index contributed by atoms with van der Waals surface area (Å²) < 4.78 is 19.6. The molecule has 0 heterocycles.